The molecule has 1 N–H and O–H groups in total. The van der Waals surface area contributed by atoms with Crippen LogP contribution in [0.1, 0.15) is 41.0 Å². The van der Waals surface area contributed by atoms with Gasteiger partial charge in [-0.15, -0.1) is 0 Å². The summed E-state index contributed by atoms with van der Waals surface area (Å²) in [6.07, 6.45) is 1.05. The summed E-state index contributed by atoms with van der Waals surface area (Å²) in [5.74, 6) is 0.481. The lowest BCUT2D eigenvalue weighted by Crippen LogP contribution is -2.34. The van der Waals surface area contributed by atoms with Gasteiger partial charge in [0.15, 0.2) is 0 Å². The third kappa shape index (κ3) is 8.05. The maximum atomic E-state index is 11.2. The maximum Gasteiger partial charge on any atom is 0.320 e. The Morgan fingerprint density at radius 3 is 2.21 bits per heavy atom. The van der Waals surface area contributed by atoms with E-state index in [1.54, 1.807) is 0 Å². The minimum Gasteiger partial charge on any atom is -0.462 e. The minimum atomic E-state index is -0.171. The van der Waals surface area contributed by atoms with Gasteiger partial charge in [-0.05, 0) is 33.1 Å². The van der Waals surface area contributed by atoms with Crippen molar-refractivity contribution in [1.29, 1.82) is 0 Å². The van der Waals surface area contributed by atoms with E-state index in [9.17, 15) is 4.79 Å². The molecule has 0 bridgehead atoms. The van der Waals surface area contributed by atoms with Crippen molar-refractivity contribution in [2.45, 2.75) is 53.2 Å². The molecule has 0 saturated heterocycles. The molecular weight excluding hydrogens is 178 g/mol. The smallest absolute Gasteiger partial charge is 0.320 e. The van der Waals surface area contributed by atoms with E-state index in [2.05, 4.69) is 26.1 Å². The lowest BCUT2D eigenvalue weighted by atomic mass is 10.1. The van der Waals surface area contributed by atoms with Crippen molar-refractivity contribution in [2.24, 2.45) is 5.92 Å². The zero-order valence-electron chi connectivity index (χ0n) is 9.96. The number of carbonyl (C=O) groups excluding carboxylic acids is 1. The van der Waals surface area contributed by atoms with Crippen LogP contribution >= 0.6 is 0 Å². The minimum absolute atomic E-state index is 0.0234. The lowest BCUT2D eigenvalue weighted by Gasteiger charge is -2.16. The Bertz CT molecular complexity index is 167. The number of nitrogens with one attached hydrogen (secondary N) is 1. The second-order valence-electron chi connectivity index (χ2n) is 4.45. The van der Waals surface area contributed by atoms with Gasteiger partial charge in [0.25, 0.3) is 0 Å². The van der Waals surface area contributed by atoms with Gasteiger partial charge in [-0.2, -0.15) is 0 Å². The molecular formula is C11H23NO2. The molecule has 0 heterocycles. The van der Waals surface area contributed by atoms with Crippen molar-refractivity contribution >= 4 is 5.97 Å². The van der Waals surface area contributed by atoms with E-state index in [4.69, 9.17) is 4.74 Å². The van der Waals surface area contributed by atoms with Gasteiger partial charge in [0, 0.05) is 6.04 Å². The van der Waals surface area contributed by atoms with Crippen LogP contribution in [0.2, 0.25) is 0 Å². The molecule has 0 spiro atoms. The first-order valence-corrected chi connectivity index (χ1v) is 5.34. The quantitative estimate of drug-likeness (QED) is 0.668. The monoisotopic (exact) mass is 201 g/mol. The zero-order valence-corrected chi connectivity index (χ0v) is 9.96. The van der Waals surface area contributed by atoms with Crippen LogP contribution in [0.15, 0.2) is 0 Å². The normalized spacial score (nSPS) is 13.4. The molecule has 3 nitrogen and oxygen atoms in total. The summed E-state index contributed by atoms with van der Waals surface area (Å²) in [7, 11) is 0. The summed E-state index contributed by atoms with van der Waals surface area (Å²) < 4.78 is 5.00. The van der Waals surface area contributed by atoms with Crippen LogP contribution in [0.4, 0.5) is 0 Å². The Labute approximate surface area is 87.2 Å². The highest BCUT2D eigenvalue weighted by Gasteiger charge is 2.08. The predicted molar refractivity (Wildman–Crippen MR) is 58.1 cm³/mol. The van der Waals surface area contributed by atoms with E-state index in [0.717, 1.165) is 6.42 Å². The number of carbonyl (C=O) groups is 1. The summed E-state index contributed by atoms with van der Waals surface area (Å²) in [5, 5.41) is 3.14. The third-order valence-corrected chi connectivity index (χ3v) is 1.79. The SMILES string of the molecule is CC(C)CC(C)NCC(=O)OC(C)C. The van der Waals surface area contributed by atoms with Crippen LogP contribution in [0.25, 0.3) is 0 Å². The van der Waals surface area contributed by atoms with E-state index in [1.807, 2.05) is 13.8 Å². The Kier molecular flexibility index (Phi) is 6.54. The third-order valence-electron chi connectivity index (χ3n) is 1.79. The largest absolute Gasteiger partial charge is 0.462 e. The summed E-state index contributed by atoms with van der Waals surface area (Å²) >= 11 is 0. The summed E-state index contributed by atoms with van der Waals surface area (Å²) in [4.78, 5) is 11.2. The standard InChI is InChI=1S/C11H23NO2/c1-8(2)6-10(5)12-7-11(13)14-9(3)4/h8-10,12H,6-7H2,1-5H3. The molecule has 0 amide bonds. The highest BCUT2D eigenvalue weighted by atomic mass is 16.5. The van der Waals surface area contributed by atoms with E-state index in [0.29, 0.717) is 18.5 Å². The molecule has 0 aromatic carbocycles. The fraction of sp³-hybridized carbons (Fsp3) is 0.909. The number of hydrogen-bond acceptors (Lipinski definition) is 3. The zero-order chi connectivity index (χ0) is 11.1. The molecule has 0 aliphatic rings. The average Bonchev–Trinajstić information content (AvgIpc) is 1.98. The number of ether oxygens (including phenoxy) is 1. The van der Waals surface area contributed by atoms with Gasteiger partial charge in [0.05, 0.1) is 12.6 Å². The van der Waals surface area contributed by atoms with E-state index >= 15 is 0 Å². The van der Waals surface area contributed by atoms with Crippen molar-refractivity contribution in [3.63, 3.8) is 0 Å². The van der Waals surface area contributed by atoms with Crippen LogP contribution < -0.4 is 5.32 Å². The predicted octanol–water partition coefficient (Wildman–Crippen LogP) is 1.96. The molecule has 3 heteroatoms. The van der Waals surface area contributed by atoms with Gasteiger partial charge in [-0.3, -0.25) is 4.79 Å². The van der Waals surface area contributed by atoms with Crippen molar-refractivity contribution in [1.82, 2.24) is 5.32 Å². The summed E-state index contributed by atoms with van der Waals surface area (Å²) in [6.45, 7) is 10.5. The van der Waals surface area contributed by atoms with Crippen LogP contribution in [0, 0.1) is 5.92 Å². The Morgan fingerprint density at radius 2 is 1.79 bits per heavy atom. The van der Waals surface area contributed by atoms with Gasteiger partial charge >= 0.3 is 5.97 Å². The van der Waals surface area contributed by atoms with Crippen molar-refractivity contribution in [3.05, 3.63) is 0 Å². The van der Waals surface area contributed by atoms with Crippen LogP contribution in [-0.2, 0) is 9.53 Å². The molecule has 0 aliphatic carbocycles. The van der Waals surface area contributed by atoms with Gasteiger partial charge in [-0.25, -0.2) is 0 Å². The molecule has 0 saturated carbocycles. The molecule has 1 atom stereocenters. The number of rotatable bonds is 6. The molecule has 1 unspecified atom stereocenters. The van der Waals surface area contributed by atoms with Gasteiger partial charge in [0.2, 0.25) is 0 Å². The van der Waals surface area contributed by atoms with E-state index in [1.165, 1.54) is 0 Å². The Hall–Kier alpha value is -0.570. The molecule has 0 aromatic heterocycles. The van der Waals surface area contributed by atoms with Crippen molar-refractivity contribution in [2.75, 3.05) is 6.54 Å². The molecule has 84 valence electrons. The molecule has 0 radical (unpaired) electrons. The van der Waals surface area contributed by atoms with Crippen LogP contribution in [0.3, 0.4) is 0 Å². The fourth-order valence-corrected chi connectivity index (χ4v) is 1.35. The Morgan fingerprint density at radius 1 is 1.21 bits per heavy atom. The first-order chi connectivity index (χ1) is 6.41. The van der Waals surface area contributed by atoms with Gasteiger partial charge in [0.1, 0.15) is 0 Å². The summed E-state index contributed by atoms with van der Waals surface area (Å²) in [6, 6.07) is 0.370. The Balaban J connectivity index is 3.56. The van der Waals surface area contributed by atoms with Crippen LogP contribution in [-0.4, -0.2) is 24.7 Å². The molecule has 0 fully saturated rings. The van der Waals surface area contributed by atoms with Crippen molar-refractivity contribution < 1.29 is 9.53 Å². The van der Waals surface area contributed by atoms with E-state index < -0.39 is 0 Å². The topological polar surface area (TPSA) is 38.3 Å². The first kappa shape index (κ1) is 13.4. The summed E-state index contributed by atoms with van der Waals surface area (Å²) in [5.41, 5.74) is 0. The van der Waals surface area contributed by atoms with Crippen molar-refractivity contribution in [3.8, 4) is 0 Å². The lowest BCUT2D eigenvalue weighted by molar-refractivity contribution is -0.146. The highest BCUT2D eigenvalue weighted by Crippen LogP contribution is 2.03. The van der Waals surface area contributed by atoms with Gasteiger partial charge in [-0.1, -0.05) is 13.8 Å². The second kappa shape index (κ2) is 6.82. The van der Waals surface area contributed by atoms with Crippen LogP contribution in [0.5, 0.6) is 0 Å². The number of hydrogen-bond donors (Lipinski definition) is 1. The maximum absolute atomic E-state index is 11.2. The fourth-order valence-electron chi connectivity index (χ4n) is 1.35. The van der Waals surface area contributed by atoms with E-state index in [-0.39, 0.29) is 12.1 Å². The second-order valence-corrected chi connectivity index (χ2v) is 4.45. The number of esters is 1. The molecule has 0 rings (SSSR count). The van der Waals surface area contributed by atoms with Gasteiger partial charge < -0.3 is 10.1 Å². The first-order valence-electron chi connectivity index (χ1n) is 5.34. The molecule has 0 aliphatic heterocycles. The average molecular weight is 201 g/mol. The molecule has 0 aromatic rings. The highest BCUT2D eigenvalue weighted by molar-refractivity contribution is 5.71. The molecule has 14 heavy (non-hydrogen) atoms.